The van der Waals surface area contributed by atoms with Crippen LogP contribution in [0.4, 0.5) is 26.2 Å². The molecular formula is C26H29F2N7O3. The predicted molar refractivity (Wildman–Crippen MR) is 140 cm³/mol. The molecule has 12 heteroatoms. The summed E-state index contributed by atoms with van der Waals surface area (Å²) in [4.78, 5) is 32.2. The third-order valence-corrected chi connectivity index (χ3v) is 5.99. The molecular weight excluding hydrogens is 496 g/mol. The number of morpholine rings is 1. The highest BCUT2D eigenvalue weighted by Crippen LogP contribution is 2.27. The fourth-order valence-electron chi connectivity index (χ4n) is 4.33. The first-order valence-corrected chi connectivity index (χ1v) is 12.0. The molecule has 2 N–H and O–H groups in total. The molecule has 0 aromatic carbocycles. The minimum absolute atomic E-state index is 0.0623. The number of carboxylic acid groups (broad SMARTS) is 1. The largest absolute Gasteiger partial charge is 0.479 e. The van der Waals surface area contributed by atoms with E-state index in [1.165, 1.54) is 0 Å². The summed E-state index contributed by atoms with van der Waals surface area (Å²) in [6.45, 7) is 10.6. The molecule has 2 aliphatic heterocycles. The number of ether oxygens (including phenoxy) is 1. The van der Waals surface area contributed by atoms with Gasteiger partial charge < -0.3 is 25.0 Å². The van der Waals surface area contributed by atoms with Crippen molar-refractivity contribution in [2.75, 3.05) is 36.5 Å². The number of pyridine rings is 1. The van der Waals surface area contributed by atoms with Gasteiger partial charge >= 0.3 is 5.97 Å². The number of aliphatic imine (C=N–C) groups is 1. The first-order chi connectivity index (χ1) is 18.1. The number of amidine groups is 1. The Morgan fingerprint density at radius 1 is 1.32 bits per heavy atom. The Balaban J connectivity index is 1.56. The number of hydrogen-bond donors (Lipinski definition) is 2. The SMILES string of the molecule is C=C(F)/C=C(\C=C1/CN=C(C)N1C(C)C)c1nc(Nc2ccc(N3CCO[C@H](C(=O)O)C3)cn2)ncc1F. The number of aliphatic carboxylic acids is 1. The number of aromatic nitrogens is 3. The summed E-state index contributed by atoms with van der Waals surface area (Å²) in [5, 5.41) is 12.1. The molecule has 4 rings (SSSR count). The van der Waals surface area contributed by atoms with Crippen molar-refractivity contribution in [2.45, 2.75) is 32.9 Å². The Labute approximate surface area is 219 Å². The van der Waals surface area contributed by atoms with Crippen molar-refractivity contribution in [3.8, 4) is 0 Å². The number of nitrogens with one attached hydrogen (secondary N) is 1. The summed E-state index contributed by atoms with van der Waals surface area (Å²) in [6, 6.07) is 3.56. The monoisotopic (exact) mass is 525 g/mol. The molecule has 2 aromatic heterocycles. The van der Waals surface area contributed by atoms with Gasteiger partial charge in [0.05, 0.1) is 37.8 Å². The lowest BCUT2D eigenvalue weighted by Gasteiger charge is -2.32. The van der Waals surface area contributed by atoms with Crippen LogP contribution in [0.5, 0.6) is 0 Å². The van der Waals surface area contributed by atoms with Crippen LogP contribution in [-0.2, 0) is 9.53 Å². The van der Waals surface area contributed by atoms with Crippen molar-refractivity contribution in [2.24, 2.45) is 4.99 Å². The lowest BCUT2D eigenvalue weighted by molar-refractivity contribution is -0.150. The maximum atomic E-state index is 14.9. The molecule has 0 amide bonds. The van der Waals surface area contributed by atoms with Crippen molar-refractivity contribution >= 4 is 34.8 Å². The number of carbonyl (C=O) groups is 1. The van der Waals surface area contributed by atoms with E-state index in [1.807, 2.05) is 30.6 Å². The molecule has 2 aliphatic rings. The average molecular weight is 526 g/mol. The van der Waals surface area contributed by atoms with Crippen molar-refractivity contribution in [1.29, 1.82) is 0 Å². The molecule has 4 heterocycles. The second kappa shape index (κ2) is 11.5. The second-order valence-electron chi connectivity index (χ2n) is 9.07. The van der Waals surface area contributed by atoms with Crippen LogP contribution in [0.15, 0.2) is 59.8 Å². The zero-order valence-corrected chi connectivity index (χ0v) is 21.4. The minimum atomic E-state index is -1.02. The van der Waals surface area contributed by atoms with Crippen LogP contribution in [0.2, 0.25) is 0 Å². The Hall–Kier alpha value is -4.19. The second-order valence-corrected chi connectivity index (χ2v) is 9.07. The number of carboxylic acids is 1. The van der Waals surface area contributed by atoms with Crippen LogP contribution in [-0.4, -0.2) is 75.2 Å². The van der Waals surface area contributed by atoms with E-state index in [2.05, 4.69) is 31.8 Å². The standard InChI is InChI=1S/C26H29F2N7O3/c1-15(2)35-17(4)29-12-20(35)10-18(9-16(3)27)24-21(28)13-31-26(33-24)32-23-6-5-19(11-30-23)34-7-8-38-22(14-34)25(36)37/h5-6,9-11,13,15,22H,3,7-8,12,14H2,1-2,4H3,(H,36,37)(H,30,31,32,33)/b18-9+,20-10+/t22-/m0/s1. The quantitative estimate of drug-likeness (QED) is 0.495. The van der Waals surface area contributed by atoms with Gasteiger partial charge in [0.2, 0.25) is 5.95 Å². The van der Waals surface area contributed by atoms with Crippen LogP contribution < -0.4 is 10.2 Å². The lowest BCUT2D eigenvalue weighted by atomic mass is 10.1. The number of anilines is 3. The van der Waals surface area contributed by atoms with Gasteiger partial charge in [-0.2, -0.15) is 0 Å². The Morgan fingerprint density at radius 2 is 2.11 bits per heavy atom. The highest BCUT2D eigenvalue weighted by Gasteiger charge is 2.27. The van der Waals surface area contributed by atoms with Gasteiger partial charge in [-0.1, -0.05) is 6.58 Å². The van der Waals surface area contributed by atoms with Gasteiger partial charge in [0.15, 0.2) is 11.9 Å². The van der Waals surface area contributed by atoms with E-state index in [9.17, 15) is 18.7 Å². The first-order valence-electron chi connectivity index (χ1n) is 12.0. The maximum Gasteiger partial charge on any atom is 0.334 e. The molecule has 2 aromatic rings. The van der Waals surface area contributed by atoms with Crippen molar-refractivity contribution in [1.82, 2.24) is 19.9 Å². The van der Waals surface area contributed by atoms with Crippen molar-refractivity contribution < 1.29 is 23.4 Å². The summed E-state index contributed by atoms with van der Waals surface area (Å²) < 4.78 is 34.0. The van der Waals surface area contributed by atoms with Gasteiger partial charge in [-0.25, -0.2) is 28.5 Å². The third-order valence-electron chi connectivity index (χ3n) is 5.99. The highest BCUT2D eigenvalue weighted by atomic mass is 19.1. The topological polar surface area (TPSA) is 116 Å². The zero-order chi connectivity index (χ0) is 27.4. The highest BCUT2D eigenvalue weighted by molar-refractivity contribution is 5.86. The molecule has 0 unspecified atom stereocenters. The molecule has 0 aliphatic carbocycles. The molecule has 1 fully saturated rings. The van der Waals surface area contributed by atoms with Crippen molar-refractivity contribution in [3.05, 3.63) is 66.3 Å². The predicted octanol–water partition coefficient (Wildman–Crippen LogP) is 3.94. The normalized spacial score (nSPS) is 19.2. The molecule has 0 bridgehead atoms. The number of allylic oxidation sites excluding steroid dienone is 4. The van der Waals surface area contributed by atoms with E-state index >= 15 is 0 Å². The molecule has 10 nitrogen and oxygen atoms in total. The fourth-order valence-corrected chi connectivity index (χ4v) is 4.33. The van der Waals surface area contributed by atoms with Crippen LogP contribution in [0.1, 0.15) is 26.5 Å². The van der Waals surface area contributed by atoms with Crippen molar-refractivity contribution in [3.63, 3.8) is 0 Å². The van der Waals surface area contributed by atoms with Crippen LogP contribution >= 0.6 is 0 Å². The Morgan fingerprint density at radius 3 is 2.76 bits per heavy atom. The molecule has 38 heavy (non-hydrogen) atoms. The van der Waals surface area contributed by atoms with E-state index in [-0.39, 0.29) is 29.8 Å². The van der Waals surface area contributed by atoms with E-state index < -0.39 is 23.7 Å². The van der Waals surface area contributed by atoms with E-state index in [1.54, 1.807) is 24.4 Å². The van der Waals surface area contributed by atoms with E-state index in [0.29, 0.717) is 25.5 Å². The summed E-state index contributed by atoms with van der Waals surface area (Å²) in [5.41, 5.74) is 1.59. The molecule has 0 radical (unpaired) electrons. The molecule has 0 saturated carbocycles. The maximum absolute atomic E-state index is 14.9. The number of halogens is 2. The van der Waals surface area contributed by atoms with Gasteiger partial charge in [0, 0.05) is 23.9 Å². The zero-order valence-electron chi connectivity index (χ0n) is 21.4. The van der Waals surface area contributed by atoms with Gasteiger partial charge in [0.25, 0.3) is 0 Å². The summed E-state index contributed by atoms with van der Waals surface area (Å²) in [6.07, 6.45) is 4.46. The Bertz CT molecular complexity index is 1310. The number of nitrogens with zero attached hydrogens (tertiary/aromatic N) is 6. The third kappa shape index (κ3) is 6.20. The average Bonchev–Trinajstić information content (AvgIpc) is 3.25. The van der Waals surface area contributed by atoms with Crippen LogP contribution in [0, 0.1) is 5.82 Å². The summed E-state index contributed by atoms with van der Waals surface area (Å²) >= 11 is 0. The van der Waals surface area contributed by atoms with Gasteiger partial charge in [-0.05, 0) is 45.1 Å². The van der Waals surface area contributed by atoms with Gasteiger partial charge in [-0.15, -0.1) is 0 Å². The molecule has 1 atom stereocenters. The van der Waals surface area contributed by atoms with E-state index in [4.69, 9.17) is 4.74 Å². The summed E-state index contributed by atoms with van der Waals surface area (Å²) in [5.74, 6) is -1.22. The Kier molecular flexibility index (Phi) is 8.10. The minimum Gasteiger partial charge on any atom is -0.479 e. The van der Waals surface area contributed by atoms with Crippen LogP contribution in [0.3, 0.4) is 0 Å². The fraction of sp³-hybridized carbons (Fsp3) is 0.346. The smallest absolute Gasteiger partial charge is 0.334 e. The molecule has 0 spiro atoms. The van der Waals surface area contributed by atoms with Crippen LogP contribution in [0.25, 0.3) is 5.57 Å². The van der Waals surface area contributed by atoms with E-state index in [0.717, 1.165) is 29.5 Å². The first kappa shape index (κ1) is 26.9. The molecule has 1 saturated heterocycles. The summed E-state index contributed by atoms with van der Waals surface area (Å²) in [7, 11) is 0. The van der Waals surface area contributed by atoms with Gasteiger partial charge in [0.1, 0.15) is 23.2 Å². The molecule has 200 valence electrons. The van der Waals surface area contributed by atoms with Gasteiger partial charge in [-0.3, -0.25) is 4.99 Å². The number of hydrogen-bond acceptors (Lipinski definition) is 9. The number of rotatable bonds is 8. The lowest BCUT2D eigenvalue weighted by Crippen LogP contribution is -2.46.